The van der Waals surface area contributed by atoms with Gasteiger partial charge in [0.1, 0.15) is 24.0 Å². The van der Waals surface area contributed by atoms with Crippen LogP contribution in [-0.4, -0.2) is 110 Å². The van der Waals surface area contributed by atoms with Gasteiger partial charge in [-0.25, -0.2) is 56.9 Å². The number of hydrogen-bond acceptors (Lipinski definition) is 22. The van der Waals surface area contributed by atoms with Crippen molar-refractivity contribution in [3.63, 3.8) is 0 Å². The first-order valence-electron chi connectivity index (χ1n) is 44.4. The molecule has 29 heteroatoms. The van der Waals surface area contributed by atoms with Crippen molar-refractivity contribution in [2.45, 2.75) is 242 Å². The van der Waals surface area contributed by atoms with Gasteiger partial charge in [0.15, 0.2) is 0 Å². The van der Waals surface area contributed by atoms with E-state index in [4.69, 9.17) is 0 Å². The number of benzene rings is 1. The fourth-order valence-electron chi connectivity index (χ4n) is 9.23. The van der Waals surface area contributed by atoms with Gasteiger partial charge in [0, 0.05) is 49.6 Å². The van der Waals surface area contributed by atoms with Crippen molar-refractivity contribution in [3.8, 4) is 80.0 Å². The van der Waals surface area contributed by atoms with Crippen molar-refractivity contribution in [2.24, 2.45) is 49.3 Å². The summed E-state index contributed by atoms with van der Waals surface area (Å²) in [6.45, 7) is 70.0. The van der Waals surface area contributed by atoms with Gasteiger partial charge in [0.2, 0.25) is 44.3 Å². The van der Waals surface area contributed by atoms with Crippen LogP contribution in [0.5, 0.6) is 0 Å². The average molecular weight is 1730 g/mol. The lowest BCUT2D eigenvalue weighted by Crippen LogP contribution is -2.32. The van der Waals surface area contributed by atoms with E-state index in [1.54, 1.807) is 107 Å². The Labute approximate surface area is 759 Å². The van der Waals surface area contributed by atoms with Crippen LogP contribution in [0.1, 0.15) is 233 Å². The fraction of sp³-hybridized carbons (Fsp3) is 0.433. The molecule has 13 heterocycles. The summed E-state index contributed by atoms with van der Waals surface area (Å²) in [6, 6.07) is 20.0. The van der Waals surface area contributed by atoms with Gasteiger partial charge in [-0.3, -0.25) is 15.0 Å². The molecule has 0 unspecified atom stereocenters. The molecule has 13 aromatic heterocycles. The fourth-order valence-corrected chi connectivity index (χ4v) is 9.23. The Balaban J connectivity index is -0.000000250. The van der Waals surface area contributed by atoms with Gasteiger partial charge in [0.25, 0.3) is 85.1 Å². The first-order chi connectivity index (χ1) is 61.5. The van der Waals surface area contributed by atoms with E-state index in [2.05, 4.69) is 129 Å². The second-order valence-corrected chi connectivity index (χ2v) is 21.7. The predicted molar refractivity (Wildman–Crippen MR) is 515 cm³/mol. The van der Waals surface area contributed by atoms with E-state index >= 15 is 0 Å². The summed E-state index contributed by atoms with van der Waals surface area (Å²) >= 11 is 0. The molecule has 0 aliphatic carbocycles. The lowest BCUT2D eigenvalue weighted by molar-refractivity contribution is -0.666. The van der Waals surface area contributed by atoms with Crippen LogP contribution in [0.25, 0.3) is 80.0 Å². The third kappa shape index (κ3) is 47.1. The Morgan fingerprint density at radius 2 is 0.437 bits per heavy atom. The van der Waals surface area contributed by atoms with Crippen LogP contribution in [0.3, 0.4) is 0 Å². The van der Waals surface area contributed by atoms with Crippen LogP contribution in [0, 0.1) is 48.5 Å². The Bertz CT molecular complexity index is 3740. The van der Waals surface area contributed by atoms with Gasteiger partial charge in [-0.2, -0.15) is 0 Å². The van der Waals surface area contributed by atoms with Crippen LogP contribution in [0.4, 0.5) is 0 Å². The summed E-state index contributed by atoms with van der Waals surface area (Å²) in [7, 11) is 13.4. The Kier molecular flexibility index (Phi) is 85.7. The Morgan fingerprint density at radius 3 is 0.794 bits per heavy atom. The molecular formula is C97H160N29+7. The molecule has 0 spiro atoms. The highest BCUT2D eigenvalue weighted by Crippen LogP contribution is 2.20. The minimum Gasteiger partial charge on any atom is -0.264 e. The largest absolute Gasteiger partial charge is 0.292 e. The summed E-state index contributed by atoms with van der Waals surface area (Å²) in [6.07, 6.45) is 40.2. The average Bonchev–Trinajstić information content (AvgIpc) is 0.882. The number of nitrogens with zero attached hydrogens (tertiary/aromatic N) is 29. The van der Waals surface area contributed by atoms with Crippen molar-refractivity contribution < 1.29 is 32.0 Å². The minimum absolute atomic E-state index is 0.792. The monoisotopic (exact) mass is 1730 g/mol. The Hall–Kier alpha value is -13.0. The minimum atomic E-state index is 0.792. The smallest absolute Gasteiger partial charge is 0.264 e. The van der Waals surface area contributed by atoms with Crippen molar-refractivity contribution >= 4 is 0 Å². The van der Waals surface area contributed by atoms with Crippen LogP contribution in [-0.2, 0) is 49.3 Å². The predicted octanol–water partition coefficient (Wildman–Crippen LogP) is 18.5. The maximum absolute atomic E-state index is 4.30. The van der Waals surface area contributed by atoms with E-state index in [0.717, 1.165) is 114 Å². The zero-order chi connectivity index (χ0) is 97.8. The summed E-state index contributed by atoms with van der Waals surface area (Å²) in [5.74, 6) is 6.05. The summed E-state index contributed by atoms with van der Waals surface area (Å²) < 4.78 is 13.1. The number of hydrogen-bond donors (Lipinski definition) is 0. The molecule has 29 nitrogen and oxygen atoms in total. The third-order valence-electron chi connectivity index (χ3n) is 14.4. The normalized spacial score (nSPS) is 8.56. The lowest BCUT2D eigenvalue weighted by atomic mass is 10.1. The molecule has 0 aliphatic rings. The highest BCUT2D eigenvalue weighted by molar-refractivity contribution is 5.58. The van der Waals surface area contributed by atoms with E-state index in [-0.39, 0.29) is 0 Å². The van der Waals surface area contributed by atoms with Crippen LogP contribution in [0.15, 0.2) is 211 Å². The van der Waals surface area contributed by atoms with Gasteiger partial charge >= 0.3 is 0 Å². The van der Waals surface area contributed by atoms with Crippen molar-refractivity contribution in [1.82, 2.24) is 110 Å². The van der Waals surface area contributed by atoms with E-state index in [1.165, 1.54) is 37.2 Å². The van der Waals surface area contributed by atoms with Gasteiger partial charge in [-0.15, -0.1) is 0 Å². The summed E-state index contributed by atoms with van der Waals surface area (Å²) in [5.41, 5.74) is 14.5. The van der Waals surface area contributed by atoms with E-state index in [0.29, 0.717) is 0 Å². The molecule has 0 N–H and O–H groups in total. The maximum Gasteiger partial charge on any atom is 0.292 e. The molecule has 0 saturated carbocycles. The van der Waals surface area contributed by atoms with Gasteiger partial charge in [-0.1, -0.05) is 288 Å². The molecular weight excluding hydrogens is 1570 g/mol. The molecule has 1 aromatic carbocycles. The van der Waals surface area contributed by atoms with Crippen molar-refractivity contribution in [2.75, 3.05) is 0 Å². The molecule has 0 amide bonds. The zero-order valence-electron chi connectivity index (χ0n) is 85.1. The topological polar surface area (TPSA) is 311 Å². The molecule has 14 aromatic rings. The first-order valence-corrected chi connectivity index (χ1v) is 44.4. The van der Waals surface area contributed by atoms with E-state index < -0.39 is 0 Å². The second kappa shape index (κ2) is 85.6. The highest BCUT2D eigenvalue weighted by Gasteiger charge is 2.18. The van der Waals surface area contributed by atoms with Gasteiger partial charge in [-0.05, 0) is 113 Å². The molecule has 0 bridgehead atoms. The zero-order valence-corrected chi connectivity index (χ0v) is 85.1. The van der Waals surface area contributed by atoms with E-state index in [9.17, 15) is 0 Å². The number of rotatable bonds is 7. The van der Waals surface area contributed by atoms with Crippen LogP contribution < -0.4 is 32.0 Å². The molecule has 14 rings (SSSR count). The van der Waals surface area contributed by atoms with E-state index in [1.807, 2.05) is 378 Å². The molecule has 126 heavy (non-hydrogen) atoms. The maximum atomic E-state index is 4.30. The number of pyridine rings is 4. The molecule has 686 valence electrons. The standard InChI is InChI=1S/C11H12N3.4C10H11N4.2C9H10N5.14C2H6/c1-9-5-3-4-6-10(9)11-13-7-12-8-14(11)2;1-8-5-11-4-3-9(8)10-13-6-12-7-14(10)2;1-8-3-4-11-5-9(8)10-13-6-12-7-14(10)2;1-8-9(4-3-5-12-8)10-13-6-11-7-14(10)2;1-8-4-3-5-12-9(8)10-13-6-11-7-14(10)2;1-7-8(3-10-4-12-7)9-13-5-11-6-14(9)2;1-7-3-10-4-12-8(7)9-13-5-11-6-14(9)2;14*1-2/h3-8H,1-2H3;4*3-7H,1-2H3;2*3-6H,1-2H3;14*1-2H3/q7*+1;;;;;;;;;;;;;;. The SMILES string of the molecule is CC.CC.CC.CC.CC.CC.CC.CC.CC.CC.CC.CC.CC.CC.Cc1ccccc1-c1ncnc[n+]1C.Cc1cccnc1-c1ncnc[n+]1C.Cc1ccncc1-c1ncnc[n+]1C.Cc1cnccc1-c1ncnc[n+]1C.Cc1cncnc1-c1ncnc[n+]1C.Cc1ncccc1-c1ncnc[n+]1C.Cc1ncncc1-c1ncnc[n+]1C. The molecule has 0 aliphatic heterocycles. The van der Waals surface area contributed by atoms with Gasteiger partial charge in [0.05, 0.1) is 88.5 Å². The Morgan fingerprint density at radius 1 is 0.175 bits per heavy atom. The number of aromatic nitrogens is 29. The number of aryl methyl sites for hydroxylation is 14. The molecule has 0 radical (unpaired) electrons. The molecule has 0 fully saturated rings. The molecule has 0 saturated heterocycles. The second-order valence-electron chi connectivity index (χ2n) is 21.7. The van der Waals surface area contributed by atoms with Crippen molar-refractivity contribution in [3.05, 3.63) is 251 Å². The van der Waals surface area contributed by atoms with Crippen LogP contribution in [0.2, 0.25) is 0 Å². The lowest BCUT2D eigenvalue weighted by Gasteiger charge is -2.01. The quantitative estimate of drug-likeness (QED) is 0.134. The van der Waals surface area contributed by atoms with Crippen molar-refractivity contribution in [1.29, 1.82) is 0 Å². The first kappa shape index (κ1) is 126. The molecule has 0 atom stereocenters. The van der Waals surface area contributed by atoms with Crippen LogP contribution >= 0.6 is 0 Å². The third-order valence-corrected chi connectivity index (χ3v) is 14.4. The summed E-state index contributed by atoms with van der Waals surface area (Å²) in [5, 5.41) is 0. The summed E-state index contributed by atoms with van der Waals surface area (Å²) in [4.78, 5) is 89.9. The van der Waals surface area contributed by atoms with Gasteiger partial charge < -0.3 is 0 Å². The highest BCUT2D eigenvalue weighted by atomic mass is 15.1.